The van der Waals surface area contributed by atoms with Crippen LogP contribution in [0.3, 0.4) is 0 Å². The summed E-state index contributed by atoms with van der Waals surface area (Å²) in [7, 11) is 0. The molecule has 0 aliphatic carbocycles. The molecule has 1 aliphatic heterocycles. The number of imide groups is 1. The summed E-state index contributed by atoms with van der Waals surface area (Å²) >= 11 is 6.02. The summed E-state index contributed by atoms with van der Waals surface area (Å²) in [6.45, 7) is 7.11. The number of halogens is 1. The van der Waals surface area contributed by atoms with Crippen LogP contribution in [0.4, 0.5) is 10.5 Å². The normalized spacial score (nSPS) is 15.6. The zero-order valence-electron chi connectivity index (χ0n) is 13.5. The lowest BCUT2D eigenvalue weighted by molar-refractivity contribution is -0.121. The number of carbonyl (C=O) groups excluding carboxylic acids is 2. The minimum Gasteiger partial charge on any atom is -0.369 e. The number of urea groups is 1. The van der Waals surface area contributed by atoms with Gasteiger partial charge in [-0.25, -0.2) is 4.79 Å². The van der Waals surface area contributed by atoms with Gasteiger partial charge in [-0.1, -0.05) is 17.7 Å². The van der Waals surface area contributed by atoms with Gasteiger partial charge in [0.15, 0.2) is 0 Å². The molecule has 1 fully saturated rings. The highest BCUT2D eigenvalue weighted by atomic mass is 35.5. The predicted molar refractivity (Wildman–Crippen MR) is 91.9 cm³/mol. The number of hydrogen-bond acceptors (Lipinski definition) is 4. The zero-order chi connectivity index (χ0) is 16.8. The van der Waals surface area contributed by atoms with Crippen molar-refractivity contribution in [3.8, 4) is 0 Å². The molecule has 6 nitrogen and oxygen atoms in total. The van der Waals surface area contributed by atoms with Crippen LogP contribution in [0.5, 0.6) is 0 Å². The zero-order valence-corrected chi connectivity index (χ0v) is 14.3. The van der Waals surface area contributed by atoms with Crippen LogP contribution >= 0.6 is 11.6 Å². The second kappa shape index (κ2) is 8.17. The third-order valence-electron chi connectivity index (χ3n) is 3.59. The quantitative estimate of drug-likeness (QED) is 0.877. The molecule has 1 aliphatic rings. The summed E-state index contributed by atoms with van der Waals surface area (Å²) in [5.41, 5.74) is 1.10. The standard InChI is InChI=1S/C16H23ClN4O2/c1-12(2)18-16(23)19-15(22)11-20-6-8-21(9-7-20)14-5-3-4-13(17)10-14/h3-5,10,12H,6-9,11H2,1-2H3,(H2,18,19,22,23). The van der Waals surface area contributed by atoms with Gasteiger partial charge in [0.25, 0.3) is 0 Å². The highest BCUT2D eigenvalue weighted by Gasteiger charge is 2.20. The Labute approximate surface area is 141 Å². The van der Waals surface area contributed by atoms with Crippen LogP contribution in [0.15, 0.2) is 24.3 Å². The Morgan fingerprint density at radius 1 is 1.22 bits per heavy atom. The van der Waals surface area contributed by atoms with Crippen LogP contribution in [0.25, 0.3) is 0 Å². The molecule has 0 atom stereocenters. The highest BCUT2D eigenvalue weighted by molar-refractivity contribution is 6.30. The van der Waals surface area contributed by atoms with Crippen molar-refractivity contribution in [1.29, 1.82) is 0 Å². The molecule has 0 spiro atoms. The van der Waals surface area contributed by atoms with Crippen LogP contribution in [-0.2, 0) is 4.79 Å². The number of amides is 3. The Hall–Kier alpha value is -1.79. The Morgan fingerprint density at radius 3 is 2.52 bits per heavy atom. The molecule has 0 unspecified atom stereocenters. The van der Waals surface area contributed by atoms with Gasteiger partial charge in [0, 0.05) is 42.9 Å². The Balaban J connectivity index is 1.76. The molecule has 0 radical (unpaired) electrons. The van der Waals surface area contributed by atoms with Crippen LogP contribution in [0.2, 0.25) is 5.02 Å². The average molecular weight is 339 g/mol. The molecule has 2 N–H and O–H groups in total. The second-order valence-electron chi connectivity index (χ2n) is 5.92. The van der Waals surface area contributed by atoms with Crippen LogP contribution in [-0.4, -0.2) is 55.6 Å². The van der Waals surface area contributed by atoms with Crippen molar-refractivity contribution in [3.63, 3.8) is 0 Å². The van der Waals surface area contributed by atoms with Crippen LogP contribution < -0.4 is 15.5 Å². The molecule has 23 heavy (non-hydrogen) atoms. The third kappa shape index (κ3) is 5.73. The van der Waals surface area contributed by atoms with E-state index in [0.29, 0.717) is 0 Å². The first-order valence-electron chi connectivity index (χ1n) is 7.77. The monoisotopic (exact) mass is 338 g/mol. The van der Waals surface area contributed by atoms with Gasteiger partial charge in [-0.15, -0.1) is 0 Å². The second-order valence-corrected chi connectivity index (χ2v) is 6.36. The number of nitrogens with zero attached hydrogens (tertiary/aromatic N) is 2. The minimum atomic E-state index is -0.442. The first-order chi connectivity index (χ1) is 10.9. The van der Waals surface area contributed by atoms with Gasteiger partial charge < -0.3 is 10.2 Å². The molecular weight excluding hydrogens is 316 g/mol. The molecule has 0 aromatic heterocycles. The van der Waals surface area contributed by atoms with Gasteiger partial charge in [0.05, 0.1) is 6.54 Å². The summed E-state index contributed by atoms with van der Waals surface area (Å²) in [4.78, 5) is 27.6. The number of hydrogen-bond donors (Lipinski definition) is 2. The van der Waals surface area contributed by atoms with Gasteiger partial charge >= 0.3 is 6.03 Å². The molecule has 0 saturated carbocycles. The molecule has 126 valence electrons. The van der Waals surface area contributed by atoms with Gasteiger partial charge in [0.1, 0.15) is 0 Å². The first kappa shape index (κ1) is 17.6. The summed E-state index contributed by atoms with van der Waals surface area (Å²) in [5.74, 6) is -0.278. The van der Waals surface area contributed by atoms with E-state index >= 15 is 0 Å². The lowest BCUT2D eigenvalue weighted by atomic mass is 10.2. The molecule has 1 aromatic carbocycles. The van der Waals surface area contributed by atoms with E-state index in [1.807, 2.05) is 43.0 Å². The fourth-order valence-electron chi connectivity index (χ4n) is 2.50. The maximum absolute atomic E-state index is 11.9. The van der Waals surface area contributed by atoms with Gasteiger partial charge in [0.2, 0.25) is 5.91 Å². The number of rotatable bonds is 4. The van der Waals surface area contributed by atoms with Gasteiger partial charge in [-0.05, 0) is 32.0 Å². The summed E-state index contributed by atoms with van der Waals surface area (Å²) in [5, 5.41) is 5.70. The van der Waals surface area contributed by atoms with E-state index in [9.17, 15) is 9.59 Å². The Morgan fingerprint density at radius 2 is 1.91 bits per heavy atom. The first-order valence-corrected chi connectivity index (χ1v) is 8.15. The largest absolute Gasteiger partial charge is 0.369 e. The fourth-order valence-corrected chi connectivity index (χ4v) is 2.69. The van der Waals surface area contributed by atoms with E-state index in [0.717, 1.165) is 36.9 Å². The molecule has 7 heteroatoms. The maximum Gasteiger partial charge on any atom is 0.321 e. The van der Waals surface area contributed by atoms with Crippen molar-refractivity contribution in [3.05, 3.63) is 29.3 Å². The van der Waals surface area contributed by atoms with Crippen molar-refractivity contribution in [2.45, 2.75) is 19.9 Å². The topological polar surface area (TPSA) is 64.7 Å². The maximum atomic E-state index is 11.9. The van der Waals surface area contributed by atoms with Crippen molar-refractivity contribution in [1.82, 2.24) is 15.5 Å². The molecule has 1 heterocycles. The number of piperazine rings is 1. The van der Waals surface area contributed by atoms with Crippen LogP contribution in [0.1, 0.15) is 13.8 Å². The highest BCUT2D eigenvalue weighted by Crippen LogP contribution is 2.20. The molecule has 3 amide bonds. The fraction of sp³-hybridized carbons (Fsp3) is 0.500. The van der Waals surface area contributed by atoms with E-state index in [1.165, 1.54) is 0 Å². The van der Waals surface area contributed by atoms with Crippen LogP contribution in [0, 0.1) is 0 Å². The average Bonchev–Trinajstić information content (AvgIpc) is 2.46. The summed E-state index contributed by atoms with van der Waals surface area (Å²) in [6, 6.07) is 7.33. The van der Waals surface area contributed by atoms with E-state index < -0.39 is 6.03 Å². The van der Waals surface area contributed by atoms with Crippen molar-refractivity contribution >= 4 is 29.2 Å². The number of benzene rings is 1. The molecule has 1 saturated heterocycles. The third-order valence-corrected chi connectivity index (χ3v) is 3.82. The lowest BCUT2D eigenvalue weighted by Gasteiger charge is -2.35. The predicted octanol–water partition coefficient (Wildman–Crippen LogP) is 1.70. The van der Waals surface area contributed by atoms with Gasteiger partial charge in [-0.2, -0.15) is 0 Å². The van der Waals surface area contributed by atoms with E-state index in [2.05, 4.69) is 15.5 Å². The van der Waals surface area contributed by atoms with Crippen molar-refractivity contribution < 1.29 is 9.59 Å². The Bertz CT molecular complexity index is 557. The molecule has 1 aromatic rings. The SMILES string of the molecule is CC(C)NC(=O)NC(=O)CN1CCN(c2cccc(Cl)c2)CC1. The smallest absolute Gasteiger partial charge is 0.321 e. The summed E-state index contributed by atoms with van der Waals surface area (Å²) in [6.07, 6.45) is 0. The minimum absolute atomic E-state index is 0.00374. The van der Waals surface area contributed by atoms with Crippen molar-refractivity contribution in [2.75, 3.05) is 37.6 Å². The molecule has 2 rings (SSSR count). The molecular formula is C16H23ClN4O2. The Kier molecular flexibility index (Phi) is 6.24. The van der Waals surface area contributed by atoms with Crippen molar-refractivity contribution in [2.24, 2.45) is 0 Å². The summed E-state index contributed by atoms with van der Waals surface area (Å²) < 4.78 is 0. The van der Waals surface area contributed by atoms with E-state index in [4.69, 9.17) is 11.6 Å². The van der Waals surface area contributed by atoms with E-state index in [-0.39, 0.29) is 18.5 Å². The number of nitrogens with one attached hydrogen (secondary N) is 2. The van der Waals surface area contributed by atoms with E-state index in [1.54, 1.807) is 0 Å². The number of anilines is 1. The van der Waals surface area contributed by atoms with Gasteiger partial charge in [-0.3, -0.25) is 15.0 Å². The lowest BCUT2D eigenvalue weighted by Crippen LogP contribution is -2.51. The number of carbonyl (C=O) groups is 2. The molecule has 0 bridgehead atoms.